The maximum absolute atomic E-state index is 14.8. The smallest absolute Gasteiger partial charge is 0.379 e. The molecule has 3 fully saturated rings. The number of morpholine rings is 1. The number of amides is 1. The fourth-order valence-electron chi connectivity index (χ4n) is 7.71. The van der Waals surface area contributed by atoms with Crippen LogP contribution >= 0.6 is 11.6 Å². The second kappa shape index (κ2) is 14.3. The van der Waals surface area contributed by atoms with Gasteiger partial charge in [-0.3, -0.25) is 14.6 Å². The van der Waals surface area contributed by atoms with Gasteiger partial charge in [-0.2, -0.15) is 13.2 Å². The van der Waals surface area contributed by atoms with Gasteiger partial charge in [-0.1, -0.05) is 67.9 Å². The molecule has 0 unspecified atom stereocenters. The Morgan fingerprint density at radius 1 is 1.00 bits per heavy atom. The standard InChI is InChI=1S/C40H44ClF3N4O2/c1-26(2)21-28-23-35-32(24-34(28)41)36(38(49)46-39(13-14-39)29-8-4-3-5-9-29)33(37(45-35)27-7-6-10-30(22-27)40(42,43)44)25-47-15-11-31(12-16-47)48-17-19-50-20-18-48/h3-10,22-24,26,31H,11-21,25H2,1-2H3,(H,46,49). The number of hydrogen-bond donors (Lipinski definition) is 1. The highest BCUT2D eigenvalue weighted by Gasteiger charge is 2.46. The molecule has 4 aromatic rings. The van der Waals surface area contributed by atoms with Crippen molar-refractivity contribution in [1.29, 1.82) is 0 Å². The number of nitrogens with one attached hydrogen (secondary N) is 1. The number of halogens is 4. The number of carbonyl (C=O) groups excluding carboxylic acids is 1. The van der Waals surface area contributed by atoms with Crippen molar-refractivity contribution in [2.75, 3.05) is 39.4 Å². The Bertz CT molecular complexity index is 1850. The molecule has 1 saturated carbocycles. The first-order valence-electron chi connectivity index (χ1n) is 17.8. The number of rotatable bonds is 9. The zero-order valence-corrected chi connectivity index (χ0v) is 29.4. The minimum absolute atomic E-state index is 0.266. The van der Waals surface area contributed by atoms with Crippen LogP contribution in [0.15, 0.2) is 66.7 Å². The van der Waals surface area contributed by atoms with E-state index in [0.717, 1.165) is 88.3 Å². The van der Waals surface area contributed by atoms with Gasteiger partial charge in [0.2, 0.25) is 0 Å². The first-order chi connectivity index (χ1) is 24.0. The van der Waals surface area contributed by atoms with Gasteiger partial charge in [0.25, 0.3) is 5.91 Å². The Labute approximate surface area is 297 Å². The normalized spacial score (nSPS) is 18.9. The molecule has 0 bridgehead atoms. The van der Waals surface area contributed by atoms with Crippen molar-refractivity contribution in [3.8, 4) is 11.3 Å². The molecule has 1 amide bonds. The number of piperidine rings is 1. The second-order valence-electron chi connectivity index (χ2n) is 14.5. The number of alkyl halides is 3. The second-order valence-corrected chi connectivity index (χ2v) is 14.9. The molecule has 3 aromatic carbocycles. The molecular formula is C40H44ClF3N4O2. The van der Waals surface area contributed by atoms with Gasteiger partial charge in [-0.25, -0.2) is 4.98 Å². The molecule has 264 valence electrons. The van der Waals surface area contributed by atoms with Crippen LogP contribution in [-0.4, -0.2) is 66.1 Å². The fourth-order valence-corrected chi connectivity index (χ4v) is 7.96. The average Bonchev–Trinajstić information content (AvgIpc) is 3.89. The zero-order chi connectivity index (χ0) is 35.0. The lowest BCUT2D eigenvalue weighted by atomic mass is 9.92. The quantitative estimate of drug-likeness (QED) is 0.190. The molecule has 3 aliphatic rings. The summed E-state index contributed by atoms with van der Waals surface area (Å²) >= 11 is 6.92. The van der Waals surface area contributed by atoms with Crippen LogP contribution in [0.5, 0.6) is 0 Å². The van der Waals surface area contributed by atoms with E-state index in [0.29, 0.717) is 63.2 Å². The van der Waals surface area contributed by atoms with Gasteiger partial charge in [0.1, 0.15) is 0 Å². The molecule has 50 heavy (non-hydrogen) atoms. The summed E-state index contributed by atoms with van der Waals surface area (Å²) in [6.07, 6.45) is -0.299. The molecule has 2 saturated heterocycles. The van der Waals surface area contributed by atoms with Crippen molar-refractivity contribution in [3.05, 3.63) is 99.6 Å². The third-order valence-corrected chi connectivity index (χ3v) is 10.9. The number of hydrogen-bond acceptors (Lipinski definition) is 5. The number of carbonyl (C=O) groups is 1. The third kappa shape index (κ3) is 7.42. The third-order valence-electron chi connectivity index (χ3n) is 10.5. The first kappa shape index (κ1) is 34.9. The predicted molar refractivity (Wildman–Crippen MR) is 191 cm³/mol. The molecular weight excluding hydrogens is 661 g/mol. The Hall–Kier alpha value is -3.50. The maximum Gasteiger partial charge on any atom is 0.416 e. The van der Waals surface area contributed by atoms with Crippen molar-refractivity contribution in [2.45, 2.75) is 70.3 Å². The van der Waals surface area contributed by atoms with E-state index in [-0.39, 0.29) is 5.91 Å². The topological polar surface area (TPSA) is 57.7 Å². The minimum Gasteiger partial charge on any atom is -0.379 e. The van der Waals surface area contributed by atoms with Crippen LogP contribution in [0.3, 0.4) is 0 Å². The Morgan fingerprint density at radius 2 is 1.72 bits per heavy atom. The van der Waals surface area contributed by atoms with Gasteiger partial charge in [-0.05, 0) is 86.5 Å². The van der Waals surface area contributed by atoms with Gasteiger partial charge in [-0.15, -0.1) is 0 Å². The number of nitrogens with zero attached hydrogens (tertiary/aromatic N) is 3. The van der Waals surface area contributed by atoms with E-state index in [1.165, 1.54) is 6.07 Å². The zero-order valence-electron chi connectivity index (χ0n) is 28.7. The first-order valence-corrected chi connectivity index (χ1v) is 18.1. The summed E-state index contributed by atoms with van der Waals surface area (Å²) in [5.41, 5.74) is 3.00. The van der Waals surface area contributed by atoms with E-state index in [2.05, 4.69) is 29.0 Å². The number of ether oxygens (including phenoxy) is 1. The maximum atomic E-state index is 14.8. The number of fused-ring (bicyclic) bond motifs is 1. The summed E-state index contributed by atoms with van der Waals surface area (Å²) in [5.74, 6) is 0.0498. The highest BCUT2D eigenvalue weighted by molar-refractivity contribution is 6.32. The summed E-state index contributed by atoms with van der Waals surface area (Å²) in [4.78, 5) is 24.7. The monoisotopic (exact) mass is 704 g/mol. The van der Waals surface area contributed by atoms with Gasteiger partial charge in [0.15, 0.2) is 0 Å². The van der Waals surface area contributed by atoms with Crippen molar-refractivity contribution in [2.24, 2.45) is 5.92 Å². The van der Waals surface area contributed by atoms with Crippen LogP contribution < -0.4 is 5.32 Å². The van der Waals surface area contributed by atoms with Crippen LogP contribution in [0, 0.1) is 5.92 Å². The van der Waals surface area contributed by atoms with Gasteiger partial charge in [0, 0.05) is 47.2 Å². The average molecular weight is 705 g/mol. The minimum atomic E-state index is -4.53. The fraction of sp³-hybridized carbons (Fsp3) is 0.450. The van der Waals surface area contributed by atoms with Crippen molar-refractivity contribution in [1.82, 2.24) is 20.1 Å². The number of pyridine rings is 1. The Morgan fingerprint density at radius 3 is 2.38 bits per heavy atom. The molecule has 1 aromatic heterocycles. The molecule has 1 aliphatic carbocycles. The van der Waals surface area contributed by atoms with Crippen LogP contribution in [0.25, 0.3) is 22.2 Å². The number of aromatic nitrogens is 1. The van der Waals surface area contributed by atoms with E-state index in [1.807, 2.05) is 42.5 Å². The lowest BCUT2D eigenvalue weighted by Crippen LogP contribution is -2.48. The molecule has 10 heteroatoms. The summed E-state index contributed by atoms with van der Waals surface area (Å²) in [6.45, 7) is 9.50. The lowest BCUT2D eigenvalue weighted by Gasteiger charge is -2.40. The molecule has 0 spiro atoms. The van der Waals surface area contributed by atoms with E-state index in [4.69, 9.17) is 21.3 Å². The van der Waals surface area contributed by atoms with Gasteiger partial charge >= 0.3 is 6.18 Å². The highest BCUT2D eigenvalue weighted by atomic mass is 35.5. The number of benzene rings is 3. The summed E-state index contributed by atoms with van der Waals surface area (Å²) in [7, 11) is 0. The van der Waals surface area contributed by atoms with Crippen LogP contribution in [0.1, 0.15) is 72.1 Å². The summed E-state index contributed by atoms with van der Waals surface area (Å²) in [6, 6.07) is 19.5. The van der Waals surface area contributed by atoms with E-state index >= 15 is 0 Å². The highest BCUT2D eigenvalue weighted by Crippen LogP contribution is 2.46. The predicted octanol–water partition coefficient (Wildman–Crippen LogP) is 8.49. The lowest BCUT2D eigenvalue weighted by molar-refractivity contribution is -0.137. The van der Waals surface area contributed by atoms with E-state index < -0.39 is 17.3 Å². The van der Waals surface area contributed by atoms with E-state index in [9.17, 15) is 18.0 Å². The molecule has 3 heterocycles. The van der Waals surface area contributed by atoms with Crippen LogP contribution in [0.2, 0.25) is 5.02 Å². The van der Waals surface area contributed by atoms with Crippen molar-refractivity contribution in [3.63, 3.8) is 0 Å². The van der Waals surface area contributed by atoms with Gasteiger partial charge in [0.05, 0.1) is 41.1 Å². The molecule has 6 nitrogen and oxygen atoms in total. The summed E-state index contributed by atoms with van der Waals surface area (Å²) in [5, 5.41) is 4.53. The molecule has 0 radical (unpaired) electrons. The van der Waals surface area contributed by atoms with Crippen LogP contribution in [0.4, 0.5) is 13.2 Å². The molecule has 0 atom stereocenters. The summed E-state index contributed by atoms with van der Waals surface area (Å²) < 4.78 is 47.8. The number of likely N-dealkylation sites (tertiary alicyclic amines) is 1. The SMILES string of the molecule is CC(C)Cc1cc2nc(-c3cccc(C(F)(F)F)c3)c(CN3CCC(N4CCOCC4)CC3)c(C(=O)NC3(c4ccccc4)CC3)c2cc1Cl. The van der Waals surface area contributed by atoms with Crippen molar-refractivity contribution < 1.29 is 22.7 Å². The molecule has 1 N–H and O–H groups in total. The van der Waals surface area contributed by atoms with E-state index in [1.54, 1.807) is 6.07 Å². The molecule has 7 rings (SSSR count). The molecule has 2 aliphatic heterocycles. The largest absolute Gasteiger partial charge is 0.416 e. The van der Waals surface area contributed by atoms with Crippen molar-refractivity contribution >= 4 is 28.4 Å². The Kier molecular flexibility index (Phi) is 9.96. The Balaban J connectivity index is 1.36. The van der Waals surface area contributed by atoms with Crippen LogP contribution in [-0.2, 0) is 29.4 Å². The van der Waals surface area contributed by atoms with Gasteiger partial charge < -0.3 is 10.1 Å².